The van der Waals surface area contributed by atoms with Crippen molar-refractivity contribution in [2.75, 3.05) is 5.32 Å². The fourth-order valence-corrected chi connectivity index (χ4v) is 2.33. The Hall–Kier alpha value is -4.00. The van der Waals surface area contributed by atoms with Gasteiger partial charge >= 0.3 is 0 Å². The number of amides is 2. The first kappa shape index (κ1) is 18.8. The van der Waals surface area contributed by atoms with Gasteiger partial charge in [0.1, 0.15) is 11.6 Å². The molecule has 140 valence electrons. The van der Waals surface area contributed by atoms with Gasteiger partial charge < -0.3 is 10.4 Å². The summed E-state index contributed by atoms with van der Waals surface area (Å²) in [4.78, 5) is 24.4. The molecule has 2 amide bonds. The van der Waals surface area contributed by atoms with Crippen molar-refractivity contribution in [2.24, 2.45) is 5.10 Å². The minimum atomic E-state index is -0.451. The van der Waals surface area contributed by atoms with Gasteiger partial charge in [0.05, 0.1) is 6.21 Å². The highest BCUT2D eigenvalue weighted by Crippen LogP contribution is 2.13. The van der Waals surface area contributed by atoms with Crippen LogP contribution in [0.3, 0.4) is 0 Å². The lowest BCUT2D eigenvalue weighted by atomic mass is 10.1. The minimum absolute atomic E-state index is 0.140. The highest BCUT2D eigenvalue weighted by Gasteiger charge is 2.09. The number of nitrogens with one attached hydrogen (secondary N) is 2. The van der Waals surface area contributed by atoms with Gasteiger partial charge in [0.25, 0.3) is 11.8 Å². The fraction of sp³-hybridized carbons (Fsp3) is 0. The number of aromatic hydroxyl groups is 1. The molecule has 0 unspecified atom stereocenters. The summed E-state index contributed by atoms with van der Waals surface area (Å²) in [5.74, 6) is -1.15. The maximum Gasteiger partial charge on any atom is 0.271 e. The second-order valence-electron chi connectivity index (χ2n) is 5.83. The minimum Gasteiger partial charge on any atom is -0.508 e. The molecule has 3 aromatic rings. The molecule has 6 nitrogen and oxygen atoms in total. The van der Waals surface area contributed by atoms with Crippen LogP contribution in [-0.2, 0) is 0 Å². The Balaban J connectivity index is 1.63. The first-order valence-corrected chi connectivity index (χ1v) is 8.31. The highest BCUT2D eigenvalue weighted by atomic mass is 19.1. The van der Waals surface area contributed by atoms with E-state index in [-0.39, 0.29) is 5.75 Å². The van der Waals surface area contributed by atoms with Crippen LogP contribution in [0, 0.1) is 5.82 Å². The smallest absolute Gasteiger partial charge is 0.271 e. The number of hydrogen-bond donors (Lipinski definition) is 3. The maximum absolute atomic E-state index is 12.9. The number of phenols is 1. The Morgan fingerprint density at radius 1 is 0.893 bits per heavy atom. The predicted molar refractivity (Wildman–Crippen MR) is 104 cm³/mol. The first-order valence-electron chi connectivity index (χ1n) is 8.31. The number of phenolic OH excluding ortho intramolecular Hbond substituents is 1. The Bertz CT molecular complexity index is 1020. The van der Waals surface area contributed by atoms with Crippen LogP contribution in [-0.4, -0.2) is 23.1 Å². The van der Waals surface area contributed by atoms with Gasteiger partial charge in [-0.25, -0.2) is 9.82 Å². The topological polar surface area (TPSA) is 90.8 Å². The molecular formula is C21H16FN3O3. The molecule has 0 atom stereocenters. The lowest BCUT2D eigenvalue weighted by Crippen LogP contribution is -2.18. The van der Waals surface area contributed by atoms with Crippen LogP contribution in [0.1, 0.15) is 26.3 Å². The van der Waals surface area contributed by atoms with Crippen LogP contribution in [0.2, 0.25) is 0 Å². The Labute approximate surface area is 160 Å². The van der Waals surface area contributed by atoms with Crippen LogP contribution < -0.4 is 10.7 Å². The first-order chi connectivity index (χ1) is 13.5. The molecule has 0 aromatic heterocycles. The molecule has 0 bridgehead atoms. The molecule has 0 aliphatic rings. The van der Waals surface area contributed by atoms with Gasteiger partial charge in [-0.2, -0.15) is 5.10 Å². The number of carbonyl (C=O) groups is 2. The zero-order valence-electron chi connectivity index (χ0n) is 14.6. The van der Waals surface area contributed by atoms with Gasteiger partial charge in [0, 0.05) is 16.8 Å². The second kappa shape index (κ2) is 8.59. The Morgan fingerprint density at radius 2 is 1.61 bits per heavy atom. The number of hydrazone groups is 1. The normalized spacial score (nSPS) is 10.6. The third-order valence-corrected chi connectivity index (χ3v) is 3.76. The van der Waals surface area contributed by atoms with E-state index >= 15 is 0 Å². The van der Waals surface area contributed by atoms with E-state index in [0.717, 1.165) is 0 Å². The van der Waals surface area contributed by atoms with E-state index in [1.54, 1.807) is 30.3 Å². The zero-order valence-corrected chi connectivity index (χ0v) is 14.6. The van der Waals surface area contributed by atoms with Crippen LogP contribution in [0.5, 0.6) is 5.75 Å². The highest BCUT2D eigenvalue weighted by molar-refractivity contribution is 6.05. The van der Waals surface area contributed by atoms with E-state index in [2.05, 4.69) is 15.8 Å². The molecule has 0 radical (unpaired) electrons. The van der Waals surface area contributed by atoms with Crippen molar-refractivity contribution in [2.45, 2.75) is 0 Å². The zero-order chi connectivity index (χ0) is 19.9. The molecule has 0 fully saturated rings. The van der Waals surface area contributed by atoms with Crippen LogP contribution in [0.4, 0.5) is 10.1 Å². The van der Waals surface area contributed by atoms with E-state index in [9.17, 15) is 19.1 Å². The molecule has 0 spiro atoms. The molecule has 0 saturated carbocycles. The van der Waals surface area contributed by atoms with Crippen molar-refractivity contribution in [1.29, 1.82) is 0 Å². The molecule has 0 saturated heterocycles. The summed E-state index contributed by atoms with van der Waals surface area (Å²) in [6, 6.07) is 17.8. The van der Waals surface area contributed by atoms with E-state index in [1.807, 2.05) is 0 Å². The number of rotatable bonds is 5. The average Bonchev–Trinajstić information content (AvgIpc) is 2.70. The van der Waals surface area contributed by atoms with Gasteiger partial charge in [-0.05, 0) is 72.3 Å². The summed E-state index contributed by atoms with van der Waals surface area (Å²) < 4.78 is 12.9. The van der Waals surface area contributed by atoms with Crippen molar-refractivity contribution in [1.82, 2.24) is 5.43 Å². The van der Waals surface area contributed by atoms with E-state index in [0.29, 0.717) is 22.4 Å². The van der Waals surface area contributed by atoms with E-state index < -0.39 is 17.6 Å². The van der Waals surface area contributed by atoms with Crippen molar-refractivity contribution in [3.63, 3.8) is 0 Å². The Kier molecular flexibility index (Phi) is 5.76. The monoisotopic (exact) mass is 377 g/mol. The molecule has 28 heavy (non-hydrogen) atoms. The number of anilines is 1. The van der Waals surface area contributed by atoms with Gasteiger partial charge in [0.2, 0.25) is 0 Å². The van der Waals surface area contributed by atoms with Crippen molar-refractivity contribution < 1.29 is 19.1 Å². The summed E-state index contributed by atoms with van der Waals surface area (Å²) in [6.07, 6.45) is 1.44. The van der Waals surface area contributed by atoms with Crippen LogP contribution in [0.15, 0.2) is 77.9 Å². The van der Waals surface area contributed by atoms with Crippen LogP contribution >= 0.6 is 0 Å². The Morgan fingerprint density at radius 3 is 2.32 bits per heavy atom. The lowest BCUT2D eigenvalue weighted by Gasteiger charge is -2.07. The standard InChI is InChI=1S/C21H16FN3O3/c22-17-8-6-15(7-9-17)20(27)24-18-3-1-2-16(12-18)21(28)25-23-13-14-4-10-19(26)11-5-14/h1-13,26H,(H,24,27)(H,25,28). The summed E-state index contributed by atoms with van der Waals surface area (Å²) in [5, 5.41) is 15.8. The quantitative estimate of drug-likeness (QED) is 0.469. The molecule has 3 rings (SSSR count). The van der Waals surface area contributed by atoms with Crippen LogP contribution in [0.25, 0.3) is 0 Å². The van der Waals surface area contributed by atoms with Crippen molar-refractivity contribution in [3.8, 4) is 5.75 Å². The predicted octanol–water partition coefficient (Wildman–Crippen LogP) is 3.55. The number of carbonyl (C=O) groups excluding carboxylic acids is 2. The van der Waals surface area contributed by atoms with E-state index in [1.165, 1.54) is 48.7 Å². The molecule has 0 aliphatic carbocycles. The largest absolute Gasteiger partial charge is 0.508 e. The summed E-state index contributed by atoms with van der Waals surface area (Å²) in [6.45, 7) is 0. The number of hydrogen-bond acceptors (Lipinski definition) is 4. The third-order valence-electron chi connectivity index (χ3n) is 3.76. The molecule has 3 aromatic carbocycles. The van der Waals surface area contributed by atoms with Gasteiger partial charge in [-0.15, -0.1) is 0 Å². The third kappa shape index (κ3) is 5.01. The summed E-state index contributed by atoms with van der Waals surface area (Å²) in [5.41, 5.74) is 4.13. The fourth-order valence-electron chi connectivity index (χ4n) is 2.33. The molecular weight excluding hydrogens is 361 g/mol. The number of halogens is 1. The number of nitrogens with zero attached hydrogens (tertiary/aromatic N) is 1. The van der Waals surface area contributed by atoms with Crippen molar-refractivity contribution >= 4 is 23.7 Å². The molecule has 7 heteroatoms. The van der Waals surface area contributed by atoms with Crippen molar-refractivity contribution in [3.05, 3.63) is 95.3 Å². The SMILES string of the molecule is O=C(NN=Cc1ccc(O)cc1)c1cccc(NC(=O)c2ccc(F)cc2)c1. The molecule has 3 N–H and O–H groups in total. The lowest BCUT2D eigenvalue weighted by molar-refractivity contribution is 0.0953. The average molecular weight is 377 g/mol. The second-order valence-corrected chi connectivity index (χ2v) is 5.83. The van der Waals surface area contributed by atoms with Gasteiger partial charge in [-0.3, -0.25) is 9.59 Å². The van der Waals surface area contributed by atoms with E-state index in [4.69, 9.17) is 0 Å². The summed E-state index contributed by atoms with van der Waals surface area (Å²) >= 11 is 0. The van der Waals surface area contributed by atoms with Gasteiger partial charge in [0.15, 0.2) is 0 Å². The molecule has 0 aliphatic heterocycles. The number of benzene rings is 3. The summed E-state index contributed by atoms with van der Waals surface area (Å²) in [7, 11) is 0. The molecule has 0 heterocycles. The van der Waals surface area contributed by atoms with Gasteiger partial charge in [-0.1, -0.05) is 6.07 Å². The maximum atomic E-state index is 12.9.